The van der Waals surface area contributed by atoms with E-state index in [2.05, 4.69) is 23.3 Å². The lowest BCUT2D eigenvalue weighted by Crippen LogP contribution is -2.60. The van der Waals surface area contributed by atoms with E-state index in [9.17, 15) is 19.6 Å². The Bertz CT molecular complexity index is 1460. The molecule has 0 atom stereocenters. The van der Waals surface area contributed by atoms with Gasteiger partial charge in [-0.2, -0.15) is 0 Å². The summed E-state index contributed by atoms with van der Waals surface area (Å²) >= 11 is 0. The zero-order valence-electron chi connectivity index (χ0n) is 26.2. The van der Waals surface area contributed by atoms with Gasteiger partial charge in [0.15, 0.2) is 0 Å². The molecule has 4 rings (SSSR count). The number of carbonyl (C=O) groups excluding carboxylic acids is 3. The van der Waals surface area contributed by atoms with Gasteiger partial charge in [-0.25, -0.2) is 20.3 Å². The van der Waals surface area contributed by atoms with Crippen molar-refractivity contribution >= 4 is 28.8 Å². The van der Waals surface area contributed by atoms with Crippen LogP contribution >= 0.6 is 0 Å². The number of carbonyl (C=O) groups is 3. The van der Waals surface area contributed by atoms with E-state index in [-0.39, 0.29) is 12.3 Å². The highest BCUT2D eigenvalue weighted by molar-refractivity contribution is 5.95. The number of hydroxylamine groups is 1. The second-order valence-corrected chi connectivity index (χ2v) is 12.1. The summed E-state index contributed by atoms with van der Waals surface area (Å²) < 4.78 is 11.6. The standard InChI is InChI=1S/C33H43N5O6/c1-6-25-20-24(27-10-8-9-11-28(27)34-25)22-43-26-14-12-23(13-15-26)30(40)35-33(21-29(39)36-42)16-18-37(19-17-33)38(7-2)31(41)44-32(3,4)5/h8-15,20,42H,6-7,16-19,21-22H2,1-5H3,(H,35,40)(H,36,39). The van der Waals surface area contributed by atoms with E-state index in [1.165, 1.54) is 0 Å². The molecule has 0 radical (unpaired) electrons. The first-order valence-corrected chi connectivity index (χ1v) is 15.1. The fraction of sp³-hybridized carbons (Fsp3) is 0.455. The lowest BCUT2D eigenvalue weighted by molar-refractivity contribution is -0.132. The van der Waals surface area contributed by atoms with Crippen molar-refractivity contribution in [3.05, 3.63) is 71.4 Å². The minimum atomic E-state index is -0.914. The van der Waals surface area contributed by atoms with E-state index in [4.69, 9.17) is 9.47 Å². The summed E-state index contributed by atoms with van der Waals surface area (Å²) in [6, 6.07) is 16.9. The highest BCUT2D eigenvalue weighted by Crippen LogP contribution is 2.29. The van der Waals surface area contributed by atoms with E-state index in [0.29, 0.717) is 50.4 Å². The molecule has 3 aromatic rings. The number of hydrazine groups is 1. The average molecular weight is 606 g/mol. The van der Waals surface area contributed by atoms with Gasteiger partial charge in [-0.05, 0) is 83.4 Å². The van der Waals surface area contributed by atoms with Gasteiger partial charge in [0, 0.05) is 41.8 Å². The minimum Gasteiger partial charge on any atom is -0.489 e. The topological polar surface area (TPSA) is 133 Å². The summed E-state index contributed by atoms with van der Waals surface area (Å²) in [5, 5.41) is 16.7. The number of nitrogens with zero attached hydrogens (tertiary/aromatic N) is 3. The van der Waals surface area contributed by atoms with Gasteiger partial charge in [0.05, 0.1) is 17.5 Å². The summed E-state index contributed by atoms with van der Waals surface area (Å²) in [4.78, 5) is 43.1. The van der Waals surface area contributed by atoms with Crippen molar-refractivity contribution in [1.82, 2.24) is 25.8 Å². The molecule has 0 aliphatic carbocycles. The van der Waals surface area contributed by atoms with Crippen molar-refractivity contribution in [2.75, 3.05) is 19.6 Å². The third-order valence-electron chi connectivity index (χ3n) is 7.67. The van der Waals surface area contributed by atoms with Gasteiger partial charge in [-0.15, -0.1) is 0 Å². The molecule has 2 heterocycles. The first-order chi connectivity index (χ1) is 21.0. The van der Waals surface area contributed by atoms with Crippen LogP contribution in [-0.4, -0.2) is 68.9 Å². The van der Waals surface area contributed by atoms with Crippen LogP contribution in [0, 0.1) is 0 Å². The summed E-state index contributed by atoms with van der Waals surface area (Å²) in [6.07, 6.45) is 1.03. The van der Waals surface area contributed by atoms with Crippen LogP contribution in [0.4, 0.5) is 4.79 Å². The van der Waals surface area contributed by atoms with E-state index in [1.54, 1.807) is 34.8 Å². The van der Waals surface area contributed by atoms with Crippen LogP contribution in [0.3, 0.4) is 0 Å². The van der Waals surface area contributed by atoms with Crippen LogP contribution in [0.15, 0.2) is 54.6 Å². The first kappa shape index (κ1) is 32.7. The Labute approximate surface area is 258 Å². The maximum atomic E-state index is 13.4. The molecule has 0 bridgehead atoms. The molecule has 1 aromatic heterocycles. The number of pyridine rings is 1. The first-order valence-electron chi connectivity index (χ1n) is 15.1. The average Bonchev–Trinajstić information content (AvgIpc) is 3.00. The van der Waals surface area contributed by atoms with Crippen molar-refractivity contribution in [3.63, 3.8) is 0 Å². The summed E-state index contributed by atoms with van der Waals surface area (Å²) in [5.41, 5.74) is 3.51. The monoisotopic (exact) mass is 605 g/mol. The molecule has 0 spiro atoms. The van der Waals surface area contributed by atoms with E-state index in [0.717, 1.165) is 28.6 Å². The molecule has 1 aliphatic heterocycles. The molecule has 44 heavy (non-hydrogen) atoms. The number of aryl methyl sites for hydroxylation is 1. The number of aromatic nitrogens is 1. The second kappa shape index (κ2) is 14.0. The molecule has 1 aliphatic rings. The predicted octanol–water partition coefficient (Wildman–Crippen LogP) is 5.01. The van der Waals surface area contributed by atoms with Crippen molar-refractivity contribution < 1.29 is 29.1 Å². The molecular formula is C33H43N5O6. The number of hydrogen-bond donors (Lipinski definition) is 3. The normalized spacial score (nSPS) is 15.0. The smallest absolute Gasteiger partial charge is 0.424 e. The highest BCUT2D eigenvalue weighted by Gasteiger charge is 2.40. The summed E-state index contributed by atoms with van der Waals surface area (Å²) in [6.45, 7) is 10.9. The lowest BCUT2D eigenvalue weighted by Gasteiger charge is -2.45. The number of para-hydroxylation sites is 1. The van der Waals surface area contributed by atoms with E-state index >= 15 is 0 Å². The zero-order valence-corrected chi connectivity index (χ0v) is 26.2. The van der Waals surface area contributed by atoms with Crippen molar-refractivity contribution in [2.24, 2.45) is 0 Å². The Hall–Kier alpha value is -4.22. The molecule has 11 nitrogen and oxygen atoms in total. The van der Waals surface area contributed by atoms with Crippen LogP contribution in [0.25, 0.3) is 10.9 Å². The maximum absolute atomic E-state index is 13.4. The Morgan fingerprint density at radius 1 is 1.05 bits per heavy atom. The number of amides is 3. The lowest BCUT2D eigenvalue weighted by atomic mass is 9.84. The van der Waals surface area contributed by atoms with Crippen LogP contribution in [-0.2, 0) is 22.6 Å². The number of fused-ring (bicyclic) bond motifs is 1. The van der Waals surface area contributed by atoms with E-state index < -0.39 is 23.1 Å². The van der Waals surface area contributed by atoms with Gasteiger partial charge in [-0.1, -0.05) is 25.1 Å². The van der Waals surface area contributed by atoms with Gasteiger partial charge in [0.2, 0.25) is 5.91 Å². The number of hydrogen-bond acceptors (Lipinski definition) is 8. The molecular weight excluding hydrogens is 562 g/mol. The van der Waals surface area contributed by atoms with Gasteiger partial charge in [0.25, 0.3) is 5.91 Å². The van der Waals surface area contributed by atoms with Crippen LogP contribution in [0.5, 0.6) is 5.75 Å². The Morgan fingerprint density at radius 2 is 1.73 bits per heavy atom. The SMILES string of the molecule is CCc1cc(COc2ccc(C(=O)NC3(CC(=O)NO)CCN(N(CC)C(=O)OC(C)(C)C)CC3)cc2)c2ccccc2n1. The predicted molar refractivity (Wildman–Crippen MR) is 166 cm³/mol. The summed E-state index contributed by atoms with van der Waals surface area (Å²) in [7, 11) is 0. The highest BCUT2D eigenvalue weighted by atomic mass is 16.6. The minimum absolute atomic E-state index is 0.109. The molecule has 3 N–H and O–H groups in total. The number of benzene rings is 2. The van der Waals surface area contributed by atoms with Crippen molar-refractivity contribution in [3.8, 4) is 5.75 Å². The molecule has 3 amide bonds. The Balaban J connectivity index is 1.42. The zero-order chi connectivity index (χ0) is 31.9. The molecule has 0 saturated carbocycles. The third kappa shape index (κ3) is 8.23. The molecule has 2 aromatic carbocycles. The molecule has 236 valence electrons. The van der Waals surface area contributed by atoms with Gasteiger partial charge in [-0.3, -0.25) is 19.8 Å². The van der Waals surface area contributed by atoms with Gasteiger partial charge in [0.1, 0.15) is 18.0 Å². The van der Waals surface area contributed by atoms with Gasteiger partial charge < -0.3 is 14.8 Å². The molecule has 0 unspecified atom stereocenters. The van der Waals surface area contributed by atoms with Crippen molar-refractivity contribution in [2.45, 2.75) is 78.0 Å². The van der Waals surface area contributed by atoms with Crippen molar-refractivity contribution in [1.29, 1.82) is 0 Å². The van der Waals surface area contributed by atoms with Gasteiger partial charge >= 0.3 is 6.09 Å². The Kier molecular flexibility index (Phi) is 10.4. The van der Waals surface area contributed by atoms with Crippen LogP contribution in [0.2, 0.25) is 0 Å². The van der Waals surface area contributed by atoms with Crippen LogP contribution < -0.4 is 15.5 Å². The summed E-state index contributed by atoms with van der Waals surface area (Å²) in [5.74, 6) is -0.329. The molecule has 1 fully saturated rings. The number of nitrogens with one attached hydrogen (secondary N) is 2. The molecule has 1 saturated heterocycles. The third-order valence-corrected chi connectivity index (χ3v) is 7.67. The second-order valence-electron chi connectivity index (χ2n) is 12.1. The fourth-order valence-electron chi connectivity index (χ4n) is 5.40. The van der Waals surface area contributed by atoms with E-state index in [1.807, 2.05) is 57.0 Å². The maximum Gasteiger partial charge on any atom is 0.424 e. The quantitative estimate of drug-likeness (QED) is 0.217. The number of ether oxygens (including phenoxy) is 2. The van der Waals surface area contributed by atoms with Crippen LogP contribution in [0.1, 0.15) is 75.5 Å². The Morgan fingerprint density at radius 3 is 2.34 bits per heavy atom. The number of piperidine rings is 1. The molecule has 11 heteroatoms. The fourth-order valence-corrected chi connectivity index (χ4v) is 5.40. The largest absolute Gasteiger partial charge is 0.489 e. The number of rotatable bonds is 10.